The second-order valence-corrected chi connectivity index (χ2v) is 7.37. The predicted molar refractivity (Wildman–Crippen MR) is 116 cm³/mol. The van der Waals surface area contributed by atoms with Gasteiger partial charge >= 0.3 is 0 Å². The summed E-state index contributed by atoms with van der Waals surface area (Å²) < 4.78 is 12.5. The topological polar surface area (TPSA) is 65.4 Å². The summed E-state index contributed by atoms with van der Waals surface area (Å²) in [6.45, 7) is 1.97. The Labute approximate surface area is 174 Å². The molecule has 29 heavy (non-hydrogen) atoms. The third-order valence-corrected chi connectivity index (χ3v) is 5.36. The zero-order chi connectivity index (χ0) is 20.8. The molecule has 150 valence electrons. The lowest BCUT2D eigenvalue weighted by Crippen LogP contribution is -2.09. The third kappa shape index (κ3) is 5.20. The van der Waals surface area contributed by atoms with Gasteiger partial charge in [-0.2, -0.15) is 0 Å². The molecule has 1 aromatic heterocycles. The molecule has 0 saturated carbocycles. The number of amides is 1. The lowest BCUT2D eigenvalue weighted by atomic mass is 10.1. The van der Waals surface area contributed by atoms with E-state index in [2.05, 4.69) is 10.3 Å². The van der Waals surface area contributed by atoms with E-state index in [9.17, 15) is 4.79 Å². The second kappa shape index (κ2) is 9.34. The van der Waals surface area contributed by atoms with Gasteiger partial charge in [0.1, 0.15) is 11.5 Å². The molecule has 0 atom stereocenters. The lowest BCUT2D eigenvalue weighted by Gasteiger charge is -2.09. The molecule has 2 aromatic carbocycles. The van der Waals surface area contributed by atoms with Gasteiger partial charge in [-0.1, -0.05) is 11.8 Å². The molecule has 0 bridgehead atoms. The summed E-state index contributed by atoms with van der Waals surface area (Å²) in [5.74, 6) is 1.12. The van der Waals surface area contributed by atoms with Crippen molar-refractivity contribution in [3.05, 3.63) is 66.0 Å². The minimum Gasteiger partial charge on any atom is -0.497 e. The van der Waals surface area contributed by atoms with E-state index in [0.29, 0.717) is 11.5 Å². The van der Waals surface area contributed by atoms with Gasteiger partial charge in [0.25, 0.3) is 0 Å². The van der Waals surface area contributed by atoms with Gasteiger partial charge in [-0.3, -0.25) is 4.79 Å². The molecule has 1 N–H and O–H groups in total. The number of ether oxygens (including phenoxy) is 2. The average molecular weight is 410 g/mol. The number of nitrogens with one attached hydrogen (secondary N) is 1. The van der Waals surface area contributed by atoms with Crippen LogP contribution in [0.4, 0.5) is 5.69 Å². The maximum Gasteiger partial charge on any atom is 0.248 e. The van der Waals surface area contributed by atoms with Crippen molar-refractivity contribution in [2.45, 2.75) is 17.0 Å². The number of carbonyl (C=O) groups is 1. The quantitative estimate of drug-likeness (QED) is 0.580. The first-order valence-electron chi connectivity index (χ1n) is 8.97. The van der Waals surface area contributed by atoms with Crippen LogP contribution in [0.5, 0.6) is 11.5 Å². The minimum absolute atomic E-state index is 0.213. The highest BCUT2D eigenvalue weighted by Gasteiger charge is 2.07. The number of rotatable bonds is 7. The van der Waals surface area contributed by atoms with Gasteiger partial charge in [0.15, 0.2) is 5.16 Å². The summed E-state index contributed by atoms with van der Waals surface area (Å²) in [5, 5.41) is 3.83. The number of imidazole rings is 1. The van der Waals surface area contributed by atoms with E-state index >= 15 is 0 Å². The first-order valence-corrected chi connectivity index (χ1v) is 9.78. The number of carbonyl (C=O) groups excluding carboxylic acids is 1. The Morgan fingerprint density at radius 2 is 2.00 bits per heavy atom. The summed E-state index contributed by atoms with van der Waals surface area (Å²) in [6, 6.07) is 11.3. The molecule has 0 aliphatic heterocycles. The number of hydrogen-bond acceptors (Lipinski definition) is 5. The van der Waals surface area contributed by atoms with Gasteiger partial charge in [-0.25, -0.2) is 4.98 Å². The SMILES string of the molecule is COc1ccc(/C=C\C(=O)Nc2ccc(Sc3nccn3C)cc2C)c(OC)c1. The van der Waals surface area contributed by atoms with Crippen LogP contribution in [0.3, 0.4) is 0 Å². The summed E-state index contributed by atoms with van der Waals surface area (Å²) in [4.78, 5) is 17.7. The zero-order valence-corrected chi connectivity index (χ0v) is 17.6. The van der Waals surface area contributed by atoms with E-state index in [1.54, 1.807) is 44.3 Å². The van der Waals surface area contributed by atoms with Gasteiger partial charge in [-0.05, 0) is 48.9 Å². The van der Waals surface area contributed by atoms with Crippen LogP contribution >= 0.6 is 11.8 Å². The van der Waals surface area contributed by atoms with Crippen molar-refractivity contribution >= 4 is 29.4 Å². The summed E-state index contributed by atoms with van der Waals surface area (Å²) in [7, 11) is 5.14. The zero-order valence-electron chi connectivity index (χ0n) is 16.8. The second-order valence-electron chi connectivity index (χ2n) is 6.33. The molecule has 0 unspecified atom stereocenters. The molecule has 0 saturated heterocycles. The maximum atomic E-state index is 12.4. The van der Waals surface area contributed by atoms with E-state index in [1.165, 1.54) is 6.08 Å². The highest BCUT2D eigenvalue weighted by molar-refractivity contribution is 7.99. The Morgan fingerprint density at radius 3 is 2.66 bits per heavy atom. The van der Waals surface area contributed by atoms with Gasteiger partial charge in [0, 0.05) is 47.7 Å². The van der Waals surface area contributed by atoms with Crippen molar-refractivity contribution in [3.63, 3.8) is 0 Å². The number of benzene rings is 2. The molecule has 6 nitrogen and oxygen atoms in total. The standard InChI is InChI=1S/C22H23N3O3S/c1-15-13-18(29-22-23-11-12-25(22)2)8-9-19(15)24-21(26)10-6-16-5-7-17(27-3)14-20(16)28-4/h5-14H,1-4H3,(H,24,26)/b10-6-. The van der Waals surface area contributed by atoms with Gasteiger partial charge in [0.2, 0.25) is 5.91 Å². The van der Waals surface area contributed by atoms with Crippen LogP contribution in [0, 0.1) is 6.92 Å². The molecular weight excluding hydrogens is 386 g/mol. The highest BCUT2D eigenvalue weighted by Crippen LogP contribution is 2.29. The Bertz CT molecular complexity index is 1040. The van der Waals surface area contributed by atoms with Crippen molar-refractivity contribution in [1.82, 2.24) is 9.55 Å². The third-order valence-electron chi connectivity index (χ3n) is 4.30. The average Bonchev–Trinajstić information content (AvgIpc) is 3.12. The highest BCUT2D eigenvalue weighted by atomic mass is 32.2. The number of aryl methyl sites for hydroxylation is 2. The Morgan fingerprint density at radius 1 is 1.17 bits per heavy atom. The van der Waals surface area contributed by atoms with Crippen LogP contribution in [-0.2, 0) is 11.8 Å². The van der Waals surface area contributed by atoms with E-state index in [0.717, 1.165) is 26.9 Å². The number of nitrogens with zero attached hydrogens (tertiary/aromatic N) is 2. The molecule has 7 heteroatoms. The van der Waals surface area contributed by atoms with Crippen LogP contribution in [0.2, 0.25) is 0 Å². The van der Waals surface area contributed by atoms with Gasteiger partial charge in [0.05, 0.1) is 14.2 Å². The summed E-state index contributed by atoms with van der Waals surface area (Å²) in [6.07, 6.45) is 6.89. The fourth-order valence-corrected chi connectivity index (χ4v) is 3.59. The van der Waals surface area contributed by atoms with Crippen molar-refractivity contribution in [2.24, 2.45) is 7.05 Å². The van der Waals surface area contributed by atoms with E-state index in [4.69, 9.17) is 9.47 Å². The van der Waals surface area contributed by atoms with Crippen molar-refractivity contribution in [3.8, 4) is 11.5 Å². The van der Waals surface area contributed by atoms with Crippen molar-refractivity contribution in [2.75, 3.05) is 19.5 Å². The number of anilines is 1. The van der Waals surface area contributed by atoms with Gasteiger partial charge in [-0.15, -0.1) is 0 Å². The van der Waals surface area contributed by atoms with E-state index < -0.39 is 0 Å². The maximum absolute atomic E-state index is 12.4. The minimum atomic E-state index is -0.213. The molecule has 1 amide bonds. The predicted octanol–water partition coefficient (Wildman–Crippen LogP) is 4.55. The van der Waals surface area contributed by atoms with Crippen molar-refractivity contribution in [1.29, 1.82) is 0 Å². The fourth-order valence-electron chi connectivity index (χ4n) is 2.69. The molecule has 3 aromatic rings. The molecule has 0 aliphatic carbocycles. The van der Waals surface area contributed by atoms with E-state index in [-0.39, 0.29) is 5.91 Å². The monoisotopic (exact) mass is 409 g/mol. The molecule has 0 aliphatic rings. The lowest BCUT2D eigenvalue weighted by molar-refractivity contribution is -0.111. The number of aromatic nitrogens is 2. The van der Waals surface area contributed by atoms with Crippen LogP contribution in [0.15, 0.2) is 64.9 Å². The number of hydrogen-bond donors (Lipinski definition) is 1. The van der Waals surface area contributed by atoms with Crippen LogP contribution < -0.4 is 14.8 Å². The normalized spacial score (nSPS) is 10.9. The fraction of sp³-hybridized carbons (Fsp3) is 0.182. The first kappa shape index (κ1) is 20.5. The number of methoxy groups -OCH3 is 2. The largest absolute Gasteiger partial charge is 0.497 e. The summed E-state index contributed by atoms with van der Waals surface area (Å²) in [5.41, 5.74) is 2.54. The molecule has 3 rings (SSSR count). The van der Waals surface area contributed by atoms with Crippen molar-refractivity contribution < 1.29 is 14.3 Å². The van der Waals surface area contributed by atoms with Crippen LogP contribution in [0.1, 0.15) is 11.1 Å². The van der Waals surface area contributed by atoms with Crippen LogP contribution in [-0.4, -0.2) is 29.7 Å². The molecule has 0 spiro atoms. The smallest absolute Gasteiger partial charge is 0.248 e. The van der Waals surface area contributed by atoms with Gasteiger partial charge < -0.3 is 19.4 Å². The summed E-state index contributed by atoms with van der Waals surface area (Å²) >= 11 is 1.58. The molecule has 0 radical (unpaired) electrons. The molecule has 1 heterocycles. The Kier molecular flexibility index (Phi) is 6.61. The Hall–Kier alpha value is -3.19. The molecule has 0 fully saturated rings. The van der Waals surface area contributed by atoms with E-state index in [1.807, 2.05) is 55.1 Å². The first-order chi connectivity index (χ1) is 14.0. The Balaban J connectivity index is 1.67. The molecular formula is C22H23N3O3S. The van der Waals surface area contributed by atoms with Crippen LogP contribution in [0.25, 0.3) is 6.08 Å².